The maximum atomic E-state index is 9.00. The van der Waals surface area contributed by atoms with E-state index < -0.39 is 11.9 Å². The van der Waals surface area contributed by atoms with Gasteiger partial charge in [-0.05, 0) is 11.8 Å². The van der Waals surface area contributed by atoms with Crippen LogP contribution >= 0.6 is 0 Å². The molecule has 0 aromatic heterocycles. The normalized spacial score (nSPS) is 18.2. The Morgan fingerprint density at radius 2 is 1.22 bits per heavy atom. The van der Waals surface area contributed by atoms with E-state index >= 15 is 0 Å². The maximum Gasteiger partial charge on any atom is 0.300 e. The first-order chi connectivity index (χ1) is 14.0. The summed E-state index contributed by atoms with van der Waals surface area (Å²) in [7, 11) is 0. The molecule has 2 unspecified atom stereocenters. The number of ether oxygens (including phenoxy) is 2. The number of carboxylic acid groups (broad SMARTS) is 2. The first-order valence-corrected chi connectivity index (χ1v) is 9.84. The standard InChI is InChI=1S/C18H23N2O2.2C2H4O2.H2O.Rh/c1-11(2)15-9-21-17(19-15)13-6-5-7-14(8-13)18-20-16(10-22-18)12(3)4;2*1-2(3)4;;/h5-7,11-12,15-16H,9-10H2,1-4H3;2*1H3,(H,3,4);1H2;/q-1;;;;. The molecule has 2 aliphatic rings. The molecule has 9 nitrogen and oxygen atoms in total. The van der Waals surface area contributed by atoms with E-state index in [4.69, 9.17) is 29.3 Å². The van der Waals surface area contributed by atoms with E-state index in [1.165, 1.54) is 0 Å². The van der Waals surface area contributed by atoms with Gasteiger partial charge in [0.1, 0.15) is 25.0 Å². The summed E-state index contributed by atoms with van der Waals surface area (Å²) < 4.78 is 11.5. The van der Waals surface area contributed by atoms with Crippen molar-refractivity contribution in [1.29, 1.82) is 0 Å². The van der Waals surface area contributed by atoms with Gasteiger partial charge in [0.2, 0.25) is 0 Å². The van der Waals surface area contributed by atoms with Crippen molar-refractivity contribution in [2.45, 2.75) is 53.6 Å². The zero-order valence-electron chi connectivity index (χ0n) is 19.2. The fourth-order valence-corrected chi connectivity index (χ4v) is 2.48. The van der Waals surface area contributed by atoms with Crippen LogP contribution in [-0.2, 0) is 38.5 Å². The second kappa shape index (κ2) is 15.5. The van der Waals surface area contributed by atoms with E-state index in [9.17, 15) is 0 Å². The van der Waals surface area contributed by atoms with Crippen LogP contribution in [0.25, 0.3) is 0 Å². The first kappa shape index (κ1) is 31.9. The Balaban J connectivity index is 0. The van der Waals surface area contributed by atoms with Gasteiger partial charge in [-0.2, -0.15) is 0 Å². The van der Waals surface area contributed by atoms with Crippen LogP contribution in [0, 0.1) is 17.9 Å². The van der Waals surface area contributed by atoms with Gasteiger partial charge in [-0.1, -0.05) is 38.8 Å². The Morgan fingerprint density at radius 1 is 0.906 bits per heavy atom. The van der Waals surface area contributed by atoms with Crippen LogP contribution in [0.3, 0.4) is 0 Å². The van der Waals surface area contributed by atoms with E-state index in [0.717, 1.165) is 25.0 Å². The van der Waals surface area contributed by atoms with Crippen LogP contribution in [0.5, 0.6) is 0 Å². The first-order valence-electron chi connectivity index (χ1n) is 9.84. The number of rotatable bonds is 4. The molecule has 0 fully saturated rings. The smallest absolute Gasteiger partial charge is 0.300 e. The van der Waals surface area contributed by atoms with E-state index in [-0.39, 0.29) is 37.0 Å². The Kier molecular flexibility index (Phi) is 15.4. The third-order valence-corrected chi connectivity index (χ3v) is 4.14. The molecule has 1 radical (unpaired) electrons. The summed E-state index contributed by atoms with van der Waals surface area (Å²) in [5.41, 5.74) is 1.75. The quantitative estimate of drug-likeness (QED) is 0.443. The zero-order chi connectivity index (χ0) is 22.8. The summed E-state index contributed by atoms with van der Waals surface area (Å²) >= 11 is 0. The van der Waals surface area contributed by atoms with Crippen LogP contribution < -0.4 is 0 Å². The van der Waals surface area contributed by atoms with Gasteiger partial charge in [0.25, 0.3) is 11.9 Å². The number of benzene rings is 1. The molecule has 0 saturated carbocycles. The molecule has 1 aromatic carbocycles. The van der Waals surface area contributed by atoms with E-state index in [1.54, 1.807) is 0 Å². The monoisotopic (exact) mass is 540 g/mol. The largest absolute Gasteiger partial charge is 0.510 e. The van der Waals surface area contributed by atoms with Gasteiger partial charge >= 0.3 is 0 Å². The summed E-state index contributed by atoms with van der Waals surface area (Å²) in [5, 5.41) is 14.8. The van der Waals surface area contributed by atoms with Gasteiger partial charge < -0.3 is 25.2 Å². The van der Waals surface area contributed by atoms with Gasteiger partial charge in [-0.25, -0.2) is 0 Å². The van der Waals surface area contributed by atoms with Crippen LogP contribution in [0.2, 0.25) is 0 Å². The topological polar surface area (TPSA) is 149 Å². The van der Waals surface area contributed by atoms with E-state index in [0.29, 0.717) is 36.8 Å². The second-order valence-electron chi connectivity index (χ2n) is 7.63. The molecule has 4 N–H and O–H groups in total. The molecule has 0 amide bonds. The third-order valence-electron chi connectivity index (χ3n) is 4.14. The Hall–Kier alpha value is -2.32. The van der Waals surface area contributed by atoms with Crippen molar-refractivity contribution in [2.75, 3.05) is 13.2 Å². The van der Waals surface area contributed by atoms with Gasteiger partial charge in [0.15, 0.2) is 0 Å². The number of carboxylic acids is 2. The predicted octanol–water partition coefficient (Wildman–Crippen LogP) is 2.44. The van der Waals surface area contributed by atoms with Crippen LogP contribution in [0.15, 0.2) is 28.2 Å². The molecule has 32 heavy (non-hydrogen) atoms. The number of aliphatic imine (C=N–C) groups is 2. The van der Waals surface area contributed by atoms with Crippen LogP contribution in [0.4, 0.5) is 0 Å². The molecule has 1 aromatic rings. The van der Waals surface area contributed by atoms with Crippen molar-refractivity contribution in [3.8, 4) is 0 Å². The molecule has 0 saturated heterocycles. The van der Waals surface area contributed by atoms with Gasteiger partial charge in [-0.3, -0.25) is 19.6 Å². The average Bonchev–Trinajstić information content (AvgIpc) is 3.31. The molecule has 2 atom stereocenters. The minimum Gasteiger partial charge on any atom is -0.510 e. The number of carbonyl (C=O) groups is 2. The Morgan fingerprint density at radius 3 is 1.47 bits per heavy atom. The molecule has 183 valence electrons. The summed E-state index contributed by atoms with van der Waals surface area (Å²) in [4.78, 5) is 27.3. The average molecular weight is 540 g/mol. The maximum absolute atomic E-state index is 9.00. The van der Waals surface area contributed by atoms with Gasteiger partial charge in [-0.15, -0.1) is 24.3 Å². The third kappa shape index (κ3) is 11.3. The molecule has 2 aliphatic heterocycles. The molecule has 2 heterocycles. The molecule has 0 aliphatic carbocycles. The molecular weight excluding hydrogens is 507 g/mol. The SMILES string of the molecule is CC(=O)O.CC(=O)O.CC(C)C1COC(c2[c-]c(C3=NC(C(C)C)CO3)ccc2)=N1.O.[Rh]. The molecule has 10 heteroatoms. The summed E-state index contributed by atoms with van der Waals surface area (Å²) in [6.07, 6.45) is 0. The Bertz CT molecular complexity index is 725. The van der Waals surface area contributed by atoms with Crippen LogP contribution in [0.1, 0.15) is 52.7 Å². The fourth-order valence-electron chi connectivity index (χ4n) is 2.48. The van der Waals surface area contributed by atoms with Crippen molar-refractivity contribution < 1.29 is 54.2 Å². The molecule has 0 spiro atoms. The summed E-state index contributed by atoms with van der Waals surface area (Å²) in [5.74, 6) is 0.657. The molecule has 3 rings (SSSR count). The minimum atomic E-state index is -0.833. The van der Waals surface area contributed by atoms with Crippen LogP contribution in [-0.4, -0.2) is 64.7 Å². The van der Waals surface area contributed by atoms with Gasteiger partial charge in [0, 0.05) is 33.3 Å². The van der Waals surface area contributed by atoms with Crippen molar-refractivity contribution in [3.63, 3.8) is 0 Å². The van der Waals surface area contributed by atoms with E-state index in [2.05, 4.69) is 43.7 Å². The number of hydrogen-bond donors (Lipinski definition) is 2. The van der Waals surface area contributed by atoms with Crippen molar-refractivity contribution in [3.05, 3.63) is 35.4 Å². The van der Waals surface area contributed by atoms with Crippen molar-refractivity contribution in [2.24, 2.45) is 21.8 Å². The number of aliphatic carboxylic acids is 2. The Labute approximate surface area is 202 Å². The van der Waals surface area contributed by atoms with Gasteiger partial charge in [0.05, 0.1) is 12.1 Å². The summed E-state index contributed by atoms with van der Waals surface area (Å²) in [6.45, 7) is 12.1. The number of hydrogen-bond acceptors (Lipinski definition) is 6. The molecule has 0 bridgehead atoms. The minimum absolute atomic E-state index is 0. The van der Waals surface area contributed by atoms with Crippen molar-refractivity contribution in [1.82, 2.24) is 0 Å². The molecular formula is C22H33N2O7Rh-. The summed E-state index contributed by atoms with van der Waals surface area (Å²) in [6, 6.07) is 9.73. The predicted molar refractivity (Wildman–Crippen MR) is 118 cm³/mol. The zero-order valence-corrected chi connectivity index (χ0v) is 20.8. The van der Waals surface area contributed by atoms with Crippen molar-refractivity contribution >= 4 is 23.7 Å². The second-order valence-corrected chi connectivity index (χ2v) is 7.63. The number of nitrogens with zero attached hydrogens (tertiary/aromatic N) is 2. The fraction of sp³-hybridized carbons (Fsp3) is 0.545. The van der Waals surface area contributed by atoms with E-state index in [1.807, 2.05) is 18.2 Å².